The Kier molecular flexibility index (Phi) is 4.35. The molecule has 0 aromatic rings. The van der Waals surface area contributed by atoms with E-state index in [0.717, 1.165) is 17.0 Å². The van der Waals surface area contributed by atoms with Gasteiger partial charge in [-0.1, -0.05) is 40.5 Å². The molecule has 1 heterocycles. The molecule has 1 aliphatic heterocycles. The third-order valence-corrected chi connectivity index (χ3v) is 6.49. The zero-order valence-corrected chi connectivity index (χ0v) is 13.4. The molecule has 0 spiro atoms. The maximum atomic E-state index is 6.29. The van der Waals surface area contributed by atoms with Gasteiger partial charge in [-0.15, -0.1) is 0 Å². The van der Waals surface area contributed by atoms with Crippen molar-refractivity contribution in [1.29, 1.82) is 0 Å². The molecule has 106 valence electrons. The van der Waals surface area contributed by atoms with Gasteiger partial charge in [0.05, 0.1) is 0 Å². The number of hydrogen-bond donors (Lipinski definition) is 1. The van der Waals surface area contributed by atoms with E-state index in [4.69, 9.17) is 5.73 Å². The third-order valence-electron chi connectivity index (χ3n) is 5.26. The normalized spacial score (nSPS) is 41.8. The van der Waals surface area contributed by atoms with Crippen LogP contribution in [0.25, 0.3) is 0 Å². The summed E-state index contributed by atoms with van der Waals surface area (Å²) < 4.78 is 0. The Hall–Kier alpha value is 0.270. The average molecular weight is 270 g/mol. The minimum atomic E-state index is 0.245. The van der Waals surface area contributed by atoms with E-state index >= 15 is 0 Å². The van der Waals surface area contributed by atoms with Crippen LogP contribution in [-0.4, -0.2) is 40.6 Å². The third kappa shape index (κ3) is 2.46. The van der Waals surface area contributed by atoms with Gasteiger partial charge in [-0.3, -0.25) is 4.90 Å². The zero-order chi connectivity index (χ0) is 13.4. The van der Waals surface area contributed by atoms with Crippen molar-refractivity contribution in [3.8, 4) is 0 Å². The largest absolute Gasteiger partial charge is 0.329 e. The molecule has 3 heteroatoms. The molecule has 0 bridgehead atoms. The fourth-order valence-corrected chi connectivity index (χ4v) is 5.50. The summed E-state index contributed by atoms with van der Waals surface area (Å²) in [5.41, 5.74) is 6.89. The number of hydrogen-bond acceptors (Lipinski definition) is 3. The monoisotopic (exact) mass is 270 g/mol. The first kappa shape index (κ1) is 14.7. The van der Waals surface area contributed by atoms with Gasteiger partial charge in [0.25, 0.3) is 0 Å². The van der Waals surface area contributed by atoms with Gasteiger partial charge in [0.1, 0.15) is 0 Å². The summed E-state index contributed by atoms with van der Waals surface area (Å²) in [6.45, 7) is 12.9. The second kappa shape index (κ2) is 5.34. The van der Waals surface area contributed by atoms with E-state index in [1.807, 2.05) is 0 Å². The molecule has 1 saturated carbocycles. The van der Waals surface area contributed by atoms with Crippen LogP contribution >= 0.6 is 11.8 Å². The number of thioether (sulfide) groups is 1. The Labute approximate surface area is 117 Å². The lowest BCUT2D eigenvalue weighted by Gasteiger charge is -2.58. The van der Waals surface area contributed by atoms with Crippen LogP contribution in [0, 0.1) is 5.41 Å². The summed E-state index contributed by atoms with van der Waals surface area (Å²) in [5.74, 6) is 0. The molecule has 2 N–H and O–H groups in total. The van der Waals surface area contributed by atoms with Gasteiger partial charge in [-0.25, -0.2) is 0 Å². The molecule has 3 atom stereocenters. The first-order valence-corrected chi connectivity index (χ1v) is 8.46. The second-order valence-electron chi connectivity index (χ2n) is 6.99. The summed E-state index contributed by atoms with van der Waals surface area (Å²) in [6, 6.07) is 0. The van der Waals surface area contributed by atoms with Crippen molar-refractivity contribution in [1.82, 2.24) is 4.90 Å². The molecule has 2 nitrogen and oxygen atoms in total. The number of nitrogens with two attached hydrogens (primary N) is 1. The quantitative estimate of drug-likeness (QED) is 0.836. The van der Waals surface area contributed by atoms with Crippen molar-refractivity contribution >= 4 is 11.8 Å². The van der Waals surface area contributed by atoms with Gasteiger partial charge in [0, 0.05) is 35.7 Å². The Bertz CT molecular complexity index is 282. The van der Waals surface area contributed by atoms with Gasteiger partial charge in [-0.05, 0) is 18.3 Å². The van der Waals surface area contributed by atoms with Crippen molar-refractivity contribution in [2.24, 2.45) is 11.1 Å². The van der Waals surface area contributed by atoms with Crippen LogP contribution in [0.1, 0.15) is 53.4 Å². The van der Waals surface area contributed by atoms with E-state index in [-0.39, 0.29) is 5.54 Å². The highest BCUT2D eigenvalue weighted by atomic mass is 32.2. The Morgan fingerprint density at radius 1 is 1.11 bits per heavy atom. The fourth-order valence-electron chi connectivity index (χ4n) is 4.18. The highest BCUT2D eigenvalue weighted by Crippen LogP contribution is 2.48. The van der Waals surface area contributed by atoms with Crippen LogP contribution in [0.3, 0.4) is 0 Å². The highest BCUT2D eigenvalue weighted by molar-refractivity contribution is 8.00. The lowest BCUT2D eigenvalue weighted by atomic mass is 9.62. The molecular weight excluding hydrogens is 240 g/mol. The minimum absolute atomic E-state index is 0.245. The van der Waals surface area contributed by atoms with Gasteiger partial charge in [0.2, 0.25) is 0 Å². The lowest BCUT2D eigenvalue weighted by Crippen LogP contribution is -2.66. The number of nitrogens with zero attached hydrogens (tertiary/aromatic N) is 1. The maximum Gasteiger partial charge on any atom is 0.0383 e. The Morgan fingerprint density at radius 2 is 1.67 bits per heavy atom. The SMILES string of the molecule is CC1CN(C2(CN)CCCCC2(C)C)CC(C)S1. The van der Waals surface area contributed by atoms with Crippen molar-refractivity contribution in [2.75, 3.05) is 19.6 Å². The molecular formula is C15H30N2S. The van der Waals surface area contributed by atoms with Crippen molar-refractivity contribution in [3.05, 3.63) is 0 Å². The smallest absolute Gasteiger partial charge is 0.0383 e. The average Bonchev–Trinajstić information content (AvgIpc) is 2.27. The predicted molar refractivity (Wildman–Crippen MR) is 82.1 cm³/mol. The van der Waals surface area contributed by atoms with Crippen molar-refractivity contribution < 1.29 is 0 Å². The van der Waals surface area contributed by atoms with E-state index in [1.54, 1.807) is 0 Å². The summed E-state index contributed by atoms with van der Waals surface area (Å²) in [7, 11) is 0. The van der Waals surface area contributed by atoms with Gasteiger partial charge in [0.15, 0.2) is 0 Å². The zero-order valence-electron chi connectivity index (χ0n) is 12.5. The predicted octanol–water partition coefficient (Wildman–Crippen LogP) is 3.11. The lowest BCUT2D eigenvalue weighted by molar-refractivity contribution is -0.0446. The molecule has 2 rings (SSSR count). The van der Waals surface area contributed by atoms with E-state index in [0.29, 0.717) is 5.41 Å². The van der Waals surface area contributed by atoms with Gasteiger partial charge < -0.3 is 5.73 Å². The molecule has 0 radical (unpaired) electrons. The maximum absolute atomic E-state index is 6.29. The van der Waals surface area contributed by atoms with Crippen LogP contribution in [0.5, 0.6) is 0 Å². The molecule has 0 aromatic heterocycles. The van der Waals surface area contributed by atoms with E-state index in [9.17, 15) is 0 Å². The first-order chi connectivity index (χ1) is 8.41. The van der Waals surface area contributed by atoms with Crippen LogP contribution < -0.4 is 5.73 Å². The van der Waals surface area contributed by atoms with Crippen molar-refractivity contribution in [2.45, 2.75) is 69.4 Å². The highest BCUT2D eigenvalue weighted by Gasteiger charge is 2.50. The molecule has 3 unspecified atom stereocenters. The molecule has 1 aliphatic carbocycles. The Morgan fingerprint density at radius 3 is 2.17 bits per heavy atom. The fraction of sp³-hybridized carbons (Fsp3) is 1.00. The molecule has 2 fully saturated rings. The summed E-state index contributed by atoms with van der Waals surface area (Å²) >= 11 is 2.14. The van der Waals surface area contributed by atoms with Crippen LogP contribution in [0.2, 0.25) is 0 Å². The molecule has 0 aromatic carbocycles. The van der Waals surface area contributed by atoms with Gasteiger partial charge in [-0.2, -0.15) is 11.8 Å². The number of rotatable bonds is 2. The molecule has 18 heavy (non-hydrogen) atoms. The summed E-state index contributed by atoms with van der Waals surface area (Å²) in [4.78, 5) is 2.75. The molecule has 0 amide bonds. The van der Waals surface area contributed by atoms with Crippen LogP contribution in [-0.2, 0) is 0 Å². The summed E-state index contributed by atoms with van der Waals surface area (Å²) in [5, 5.41) is 1.49. The van der Waals surface area contributed by atoms with E-state index in [1.165, 1.54) is 38.8 Å². The molecule has 2 aliphatic rings. The topological polar surface area (TPSA) is 29.3 Å². The van der Waals surface area contributed by atoms with Crippen LogP contribution in [0.4, 0.5) is 0 Å². The standard InChI is InChI=1S/C15H30N2S/c1-12-9-17(10-13(2)18-12)15(11-16)8-6-5-7-14(15,3)4/h12-13H,5-11,16H2,1-4H3. The minimum Gasteiger partial charge on any atom is -0.329 e. The first-order valence-electron chi connectivity index (χ1n) is 7.52. The Balaban J connectivity index is 2.25. The summed E-state index contributed by atoms with van der Waals surface area (Å²) in [6.07, 6.45) is 5.35. The van der Waals surface area contributed by atoms with E-state index < -0.39 is 0 Å². The second-order valence-corrected chi connectivity index (χ2v) is 8.87. The van der Waals surface area contributed by atoms with Crippen molar-refractivity contribution in [3.63, 3.8) is 0 Å². The van der Waals surface area contributed by atoms with Crippen LogP contribution in [0.15, 0.2) is 0 Å². The molecule has 1 saturated heterocycles. The van der Waals surface area contributed by atoms with E-state index in [2.05, 4.69) is 44.4 Å². The van der Waals surface area contributed by atoms with Gasteiger partial charge >= 0.3 is 0 Å².